The van der Waals surface area contributed by atoms with E-state index in [2.05, 4.69) is 15.6 Å². The van der Waals surface area contributed by atoms with E-state index in [1.165, 1.54) is 11.0 Å². The molecule has 0 saturated carbocycles. The van der Waals surface area contributed by atoms with E-state index in [0.29, 0.717) is 30.9 Å². The van der Waals surface area contributed by atoms with E-state index in [0.717, 1.165) is 5.69 Å². The minimum atomic E-state index is -0.883. The number of amides is 3. The number of benzene rings is 1. The van der Waals surface area contributed by atoms with Gasteiger partial charge in [-0.25, -0.2) is 9.78 Å². The van der Waals surface area contributed by atoms with Crippen molar-refractivity contribution in [1.82, 2.24) is 24.3 Å². The topological polar surface area (TPSA) is 121 Å². The van der Waals surface area contributed by atoms with Crippen molar-refractivity contribution in [3.8, 4) is 0 Å². The summed E-state index contributed by atoms with van der Waals surface area (Å²) in [5, 5.41) is 16.1. The first kappa shape index (κ1) is 22.9. The lowest BCUT2D eigenvalue weighted by molar-refractivity contribution is -0.126. The van der Waals surface area contributed by atoms with Crippen molar-refractivity contribution in [1.29, 1.82) is 0 Å². The molecule has 182 valence electrons. The Labute approximate surface area is 202 Å². The number of aromatic nitrogens is 3. The molecule has 2 aromatic heterocycles. The van der Waals surface area contributed by atoms with Gasteiger partial charge in [-0.05, 0) is 18.2 Å². The van der Waals surface area contributed by atoms with Gasteiger partial charge in [0.25, 0.3) is 5.56 Å². The van der Waals surface area contributed by atoms with Crippen molar-refractivity contribution < 1.29 is 14.7 Å². The van der Waals surface area contributed by atoms with E-state index in [4.69, 9.17) is 0 Å². The van der Waals surface area contributed by atoms with Gasteiger partial charge in [-0.2, -0.15) is 0 Å². The normalized spacial score (nSPS) is 22.5. The summed E-state index contributed by atoms with van der Waals surface area (Å²) in [7, 11) is 1.88. The van der Waals surface area contributed by atoms with Gasteiger partial charge >= 0.3 is 6.03 Å². The van der Waals surface area contributed by atoms with Crippen LogP contribution in [0, 0.1) is 11.8 Å². The first-order valence-corrected chi connectivity index (χ1v) is 11.7. The summed E-state index contributed by atoms with van der Waals surface area (Å²) in [6, 6.07) is 12.1. The lowest BCUT2D eigenvalue weighted by Crippen LogP contribution is -2.51. The zero-order valence-corrected chi connectivity index (χ0v) is 19.4. The van der Waals surface area contributed by atoms with Gasteiger partial charge in [0, 0.05) is 68.6 Å². The largest absolute Gasteiger partial charge is 0.396 e. The van der Waals surface area contributed by atoms with Crippen molar-refractivity contribution in [3.63, 3.8) is 0 Å². The highest BCUT2D eigenvalue weighted by molar-refractivity contribution is 5.95. The molecular weight excluding hydrogens is 448 g/mol. The molecule has 1 aromatic carbocycles. The molecule has 10 heteroatoms. The fraction of sp³-hybridized carbons (Fsp3) is 0.360. The molecule has 0 radical (unpaired) electrons. The maximum atomic E-state index is 13.6. The molecule has 3 amide bonds. The number of aliphatic hydroxyl groups excluding tert-OH is 1. The zero-order valence-electron chi connectivity index (χ0n) is 19.4. The predicted molar refractivity (Wildman–Crippen MR) is 129 cm³/mol. The van der Waals surface area contributed by atoms with Crippen LogP contribution in [-0.2, 0) is 24.8 Å². The number of nitrogens with zero attached hydrogens (tertiary/aromatic N) is 4. The molecule has 0 bridgehead atoms. The number of anilines is 1. The van der Waals surface area contributed by atoms with Crippen molar-refractivity contribution in [2.45, 2.75) is 25.0 Å². The van der Waals surface area contributed by atoms with Crippen LogP contribution in [0.1, 0.15) is 17.4 Å². The van der Waals surface area contributed by atoms with Gasteiger partial charge in [-0.3, -0.25) is 9.59 Å². The van der Waals surface area contributed by atoms with E-state index in [-0.39, 0.29) is 24.0 Å². The number of imidazole rings is 1. The average Bonchev–Trinajstić information content (AvgIpc) is 3.52. The number of hydrogen-bond donors (Lipinski definition) is 3. The zero-order chi connectivity index (χ0) is 24.5. The third-order valence-corrected chi connectivity index (χ3v) is 6.92. The smallest absolute Gasteiger partial charge is 0.323 e. The number of nitrogens with one attached hydrogen (secondary N) is 2. The van der Waals surface area contributed by atoms with Gasteiger partial charge in [0.1, 0.15) is 6.04 Å². The number of urea groups is 1. The number of rotatable bonds is 6. The Hall–Kier alpha value is -3.92. The average molecular weight is 477 g/mol. The third kappa shape index (κ3) is 4.21. The molecule has 1 fully saturated rings. The molecule has 10 nitrogen and oxygen atoms in total. The lowest BCUT2D eigenvalue weighted by atomic mass is 9.88. The number of likely N-dealkylation sites (tertiary alicyclic amines) is 1. The van der Waals surface area contributed by atoms with Crippen molar-refractivity contribution in [3.05, 3.63) is 82.8 Å². The van der Waals surface area contributed by atoms with Crippen LogP contribution in [0.5, 0.6) is 0 Å². The number of hydrogen-bond acceptors (Lipinski definition) is 5. The van der Waals surface area contributed by atoms with Crippen molar-refractivity contribution in [2.24, 2.45) is 18.9 Å². The standard InChI is InChI=1S/C25H28N6O4/c1-29-12-17(27-15-29)10-11-26-24(34)23-19(14-32)18-13-30-20(8-5-9-21(30)33)22(18)31(23)25(35)28-16-6-3-2-4-7-16/h2-9,12,15,18-19,22-23,32H,10-11,13-14H2,1H3,(H,26,34)(H,28,35)/t18-,19-,22+,23-/m0/s1. The van der Waals surface area contributed by atoms with E-state index in [1.54, 1.807) is 29.1 Å². The Morgan fingerprint density at radius 3 is 2.66 bits per heavy atom. The fourth-order valence-electron chi connectivity index (χ4n) is 5.38. The van der Waals surface area contributed by atoms with Gasteiger partial charge in [-0.1, -0.05) is 24.3 Å². The van der Waals surface area contributed by atoms with E-state index in [1.807, 2.05) is 42.1 Å². The molecule has 1 saturated heterocycles. The molecule has 0 unspecified atom stereocenters. The summed E-state index contributed by atoms with van der Waals surface area (Å²) >= 11 is 0. The second kappa shape index (κ2) is 9.38. The van der Waals surface area contributed by atoms with Crippen LogP contribution in [0.4, 0.5) is 10.5 Å². The van der Waals surface area contributed by atoms with E-state index >= 15 is 0 Å². The van der Waals surface area contributed by atoms with E-state index < -0.39 is 24.0 Å². The van der Waals surface area contributed by atoms with Crippen molar-refractivity contribution >= 4 is 17.6 Å². The van der Waals surface area contributed by atoms with Crippen molar-refractivity contribution in [2.75, 3.05) is 18.5 Å². The number of fused-ring (bicyclic) bond motifs is 3. The monoisotopic (exact) mass is 476 g/mol. The molecule has 5 rings (SSSR count). The summed E-state index contributed by atoms with van der Waals surface area (Å²) in [6.07, 6.45) is 4.13. The Morgan fingerprint density at radius 1 is 1.14 bits per heavy atom. The number of aliphatic hydroxyl groups is 1. The molecule has 3 aromatic rings. The third-order valence-electron chi connectivity index (χ3n) is 6.92. The maximum absolute atomic E-state index is 13.6. The second-order valence-corrected chi connectivity index (χ2v) is 9.07. The van der Waals surface area contributed by atoms with Crippen LogP contribution in [0.25, 0.3) is 0 Å². The number of carbonyl (C=O) groups is 2. The summed E-state index contributed by atoms with van der Waals surface area (Å²) in [6.45, 7) is 0.416. The van der Waals surface area contributed by atoms with Gasteiger partial charge in [0.15, 0.2) is 0 Å². The summed E-state index contributed by atoms with van der Waals surface area (Å²) < 4.78 is 3.47. The highest BCUT2D eigenvalue weighted by atomic mass is 16.3. The minimum Gasteiger partial charge on any atom is -0.396 e. The number of para-hydroxylation sites is 1. The van der Waals surface area contributed by atoms with Crippen LogP contribution in [0.15, 0.2) is 65.8 Å². The molecule has 2 aliphatic rings. The summed E-state index contributed by atoms with van der Waals surface area (Å²) in [4.78, 5) is 45.3. The van der Waals surface area contributed by atoms with Gasteiger partial charge in [0.2, 0.25) is 5.91 Å². The molecule has 4 atom stereocenters. The number of pyridine rings is 1. The molecule has 0 spiro atoms. The second-order valence-electron chi connectivity index (χ2n) is 9.07. The first-order chi connectivity index (χ1) is 17.0. The molecule has 2 aliphatic heterocycles. The quantitative estimate of drug-likeness (QED) is 0.493. The summed E-state index contributed by atoms with van der Waals surface area (Å²) in [5.74, 6) is -1.11. The highest BCUT2D eigenvalue weighted by Gasteiger charge is 2.57. The number of aryl methyl sites for hydroxylation is 1. The van der Waals surface area contributed by atoms with Crippen LogP contribution >= 0.6 is 0 Å². The van der Waals surface area contributed by atoms with Gasteiger partial charge in [-0.15, -0.1) is 0 Å². The Bertz CT molecular complexity index is 1290. The Morgan fingerprint density at radius 2 is 1.94 bits per heavy atom. The molecule has 4 heterocycles. The number of carbonyl (C=O) groups excluding carboxylic acids is 2. The highest BCUT2D eigenvalue weighted by Crippen LogP contribution is 2.49. The SMILES string of the molecule is Cn1cnc(CCNC(=O)[C@@H]2[C@@H](CO)[C@@H]3Cn4c(cccc4=O)[C@@H]3N2C(=O)Nc2ccccc2)c1. The predicted octanol–water partition coefficient (Wildman–Crippen LogP) is 1.14. The summed E-state index contributed by atoms with van der Waals surface area (Å²) in [5.41, 5.74) is 1.96. The molecular formula is C25H28N6O4. The first-order valence-electron chi connectivity index (χ1n) is 11.7. The molecule has 35 heavy (non-hydrogen) atoms. The maximum Gasteiger partial charge on any atom is 0.323 e. The van der Waals surface area contributed by atoms with Crippen LogP contribution in [0.2, 0.25) is 0 Å². The lowest BCUT2D eigenvalue weighted by Gasteiger charge is -2.31. The van der Waals surface area contributed by atoms with Gasteiger partial charge < -0.3 is 29.8 Å². The van der Waals surface area contributed by atoms with Gasteiger partial charge in [0.05, 0.1) is 18.1 Å². The van der Waals surface area contributed by atoms with E-state index in [9.17, 15) is 19.5 Å². The fourth-order valence-corrected chi connectivity index (χ4v) is 5.38. The minimum absolute atomic E-state index is 0.159. The Balaban J connectivity index is 1.44. The molecule has 0 aliphatic carbocycles. The molecule has 3 N–H and O–H groups in total. The van der Waals surface area contributed by atoms with Crippen LogP contribution < -0.4 is 16.2 Å². The van der Waals surface area contributed by atoms with Crippen LogP contribution in [0.3, 0.4) is 0 Å². The van der Waals surface area contributed by atoms with Crippen LogP contribution in [-0.4, -0.2) is 55.3 Å². The Kier molecular flexibility index (Phi) is 6.12.